The van der Waals surface area contributed by atoms with Crippen molar-refractivity contribution in [1.82, 2.24) is 9.97 Å². The van der Waals surface area contributed by atoms with Gasteiger partial charge in [0.15, 0.2) is 6.29 Å². The number of aldehydes is 1. The van der Waals surface area contributed by atoms with Crippen LogP contribution in [0.3, 0.4) is 0 Å². The zero-order valence-corrected chi connectivity index (χ0v) is 7.56. The Morgan fingerprint density at radius 3 is 3.14 bits per heavy atom. The van der Waals surface area contributed by atoms with Gasteiger partial charge in [0.1, 0.15) is 11.5 Å². The van der Waals surface area contributed by atoms with Crippen LogP contribution in [-0.2, 0) is 12.8 Å². The SMILES string of the molecule is O=Cc1nc[nH]c1CCc1ccco1. The van der Waals surface area contributed by atoms with Crippen molar-refractivity contribution in [3.8, 4) is 0 Å². The average molecular weight is 190 g/mol. The second-order valence-electron chi connectivity index (χ2n) is 2.96. The number of imidazole rings is 1. The minimum atomic E-state index is 0.483. The molecule has 0 radical (unpaired) electrons. The molecule has 0 spiro atoms. The van der Waals surface area contributed by atoms with E-state index in [0.29, 0.717) is 5.69 Å². The van der Waals surface area contributed by atoms with Crippen molar-refractivity contribution < 1.29 is 9.21 Å². The summed E-state index contributed by atoms with van der Waals surface area (Å²) < 4.78 is 5.18. The number of aryl methyl sites for hydroxylation is 2. The van der Waals surface area contributed by atoms with Gasteiger partial charge in [0, 0.05) is 12.1 Å². The van der Waals surface area contributed by atoms with Gasteiger partial charge in [-0.15, -0.1) is 0 Å². The number of hydrogen-bond donors (Lipinski definition) is 1. The van der Waals surface area contributed by atoms with Crippen LogP contribution in [0, 0.1) is 0 Å². The highest BCUT2D eigenvalue weighted by Crippen LogP contribution is 2.07. The van der Waals surface area contributed by atoms with E-state index in [2.05, 4.69) is 9.97 Å². The van der Waals surface area contributed by atoms with Crippen molar-refractivity contribution in [2.75, 3.05) is 0 Å². The molecule has 0 unspecified atom stereocenters. The normalized spacial score (nSPS) is 10.3. The van der Waals surface area contributed by atoms with E-state index in [9.17, 15) is 4.79 Å². The number of hydrogen-bond acceptors (Lipinski definition) is 3. The molecular formula is C10H10N2O2. The summed E-state index contributed by atoms with van der Waals surface area (Å²) >= 11 is 0. The van der Waals surface area contributed by atoms with Gasteiger partial charge in [0.2, 0.25) is 0 Å². The molecule has 2 aromatic rings. The van der Waals surface area contributed by atoms with Crippen LogP contribution in [0.25, 0.3) is 0 Å². The molecule has 4 heteroatoms. The van der Waals surface area contributed by atoms with E-state index in [1.807, 2.05) is 12.1 Å². The third-order valence-electron chi connectivity index (χ3n) is 2.06. The Balaban J connectivity index is 2.01. The van der Waals surface area contributed by atoms with Crippen LogP contribution in [0.2, 0.25) is 0 Å². The van der Waals surface area contributed by atoms with E-state index >= 15 is 0 Å². The summed E-state index contributed by atoms with van der Waals surface area (Å²) in [4.78, 5) is 17.4. The van der Waals surface area contributed by atoms with E-state index < -0.39 is 0 Å². The smallest absolute Gasteiger partial charge is 0.170 e. The van der Waals surface area contributed by atoms with Crippen LogP contribution in [0.15, 0.2) is 29.1 Å². The summed E-state index contributed by atoms with van der Waals surface area (Å²) in [5.41, 5.74) is 1.34. The Bertz CT molecular complexity index is 403. The highest BCUT2D eigenvalue weighted by Gasteiger charge is 2.05. The summed E-state index contributed by atoms with van der Waals surface area (Å²) in [7, 11) is 0. The highest BCUT2D eigenvalue weighted by molar-refractivity contribution is 5.73. The first-order valence-corrected chi connectivity index (χ1v) is 4.40. The zero-order valence-electron chi connectivity index (χ0n) is 7.56. The Kier molecular flexibility index (Phi) is 2.44. The molecule has 0 aliphatic carbocycles. The molecule has 0 saturated carbocycles. The minimum Gasteiger partial charge on any atom is -0.469 e. The van der Waals surface area contributed by atoms with Crippen LogP contribution in [0.1, 0.15) is 21.9 Å². The van der Waals surface area contributed by atoms with Crippen LogP contribution in [0.5, 0.6) is 0 Å². The molecular weight excluding hydrogens is 180 g/mol. The molecule has 0 amide bonds. The third kappa shape index (κ3) is 1.74. The van der Waals surface area contributed by atoms with E-state index in [1.165, 1.54) is 6.33 Å². The number of nitrogens with zero attached hydrogens (tertiary/aromatic N) is 1. The Labute approximate surface area is 81.0 Å². The molecule has 72 valence electrons. The quantitative estimate of drug-likeness (QED) is 0.745. The molecule has 14 heavy (non-hydrogen) atoms. The fourth-order valence-electron chi connectivity index (χ4n) is 1.34. The lowest BCUT2D eigenvalue weighted by atomic mass is 10.2. The Morgan fingerprint density at radius 2 is 2.43 bits per heavy atom. The van der Waals surface area contributed by atoms with Gasteiger partial charge < -0.3 is 9.40 Å². The number of rotatable bonds is 4. The van der Waals surface area contributed by atoms with Crippen LogP contribution in [-0.4, -0.2) is 16.3 Å². The van der Waals surface area contributed by atoms with E-state index in [-0.39, 0.29) is 0 Å². The third-order valence-corrected chi connectivity index (χ3v) is 2.06. The lowest BCUT2D eigenvalue weighted by molar-refractivity contribution is 0.111. The van der Waals surface area contributed by atoms with Crippen molar-refractivity contribution in [2.45, 2.75) is 12.8 Å². The van der Waals surface area contributed by atoms with Gasteiger partial charge in [-0.3, -0.25) is 4.79 Å². The summed E-state index contributed by atoms with van der Waals surface area (Å²) in [6, 6.07) is 3.76. The molecule has 0 fully saturated rings. The summed E-state index contributed by atoms with van der Waals surface area (Å²) in [6.45, 7) is 0. The van der Waals surface area contributed by atoms with Crippen molar-refractivity contribution in [2.24, 2.45) is 0 Å². The predicted octanol–water partition coefficient (Wildman–Crippen LogP) is 1.60. The average Bonchev–Trinajstić information content (AvgIpc) is 2.85. The number of carbonyl (C=O) groups is 1. The summed E-state index contributed by atoms with van der Waals surface area (Å²) in [5.74, 6) is 0.913. The molecule has 0 atom stereocenters. The maximum absolute atomic E-state index is 10.5. The summed E-state index contributed by atoms with van der Waals surface area (Å²) in [6.07, 6.45) is 5.44. The first-order valence-electron chi connectivity index (χ1n) is 4.40. The first-order chi connectivity index (χ1) is 6.90. The number of H-pyrrole nitrogens is 1. The topological polar surface area (TPSA) is 58.9 Å². The fourth-order valence-corrected chi connectivity index (χ4v) is 1.34. The summed E-state index contributed by atoms with van der Waals surface area (Å²) in [5, 5.41) is 0. The van der Waals surface area contributed by atoms with Crippen molar-refractivity contribution >= 4 is 6.29 Å². The molecule has 0 aliphatic rings. The molecule has 4 nitrogen and oxygen atoms in total. The number of nitrogens with one attached hydrogen (secondary N) is 1. The molecule has 2 aromatic heterocycles. The molecule has 0 bridgehead atoms. The van der Waals surface area contributed by atoms with Gasteiger partial charge in [0.25, 0.3) is 0 Å². The fraction of sp³-hybridized carbons (Fsp3) is 0.200. The van der Waals surface area contributed by atoms with Gasteiger partial charge in [-0.25, -0.2) is 4.98 Å². The van der Waals surface area contributed by atoms with Crippen LogP contribution >= 0.6 is 0 Å². The molecule has 2 heterocycles. The second-order valence-corrected chi connectivity index (χ2v) is 2.96. The Hall–Kier alpha value is -1.84. The van der Waals surface area contributed by atoms with Gasteiger partial charge in [-0.05, 0) is 18.6 Å². The molecule has 1 N–H and O–H groups in total. The molecule has 0 aromatic carbocycles. The molecule has 2 rings (SSSR count). The van der Waals surface area contributed by atoms with Crippen molar-refractivity contribution in [1.29, 1.82) is 0 Å². The number of furan rings is 1. The number of aromatic nitrogens is 2. The highest BCUT2D eigenvalue weighted by atomic mass is 16.3. The zero-order chi connectivity index (χ0) is 9.80. The first kappa shape index (κ1) is 8.74. The van der Waals surface area contributed by atoms with Gasteiger partial charge in [0.05, 0.1) is 12.6 Å². The van der Waals surface area contributed by atoms with E-state index in [1.54, 1.807) is 6.26 Å². The van der Waals surface area contributed by atoms with Gasteiger partial charge >= 0.3 is 0 Å². The standard InChI is InChI=1S/C10H10N2O2/c13-6-10-9(11-7-12-10)4-3-8-2-1-5-14-8/h1-2,5-7H,3-4H2,(H,11,12). The van der Waals surface area contributed by atoms with Crippen LogP contribution in [0.4, 0.5) is 0 Å². The number of aromatic amines is 1. The maximum Gasteiger partial charge on any atom is 0.170 e. The van der Waals surface area contributed by atoms with Crippen molar-refractivity contribution in [3.63, 3.8) is 0 Å². The molecule has 0 saturated heterocycles. The Morgan fingerprint density at radius 1 is 1.50 bits per heavy atom. The lowest BCUT2D eigenvalue weighted by Gasteiger charge is -1.95. The van der Waals surface area contributed by atoms with E-state index in [4.69, 9.17) is 4.42 Å². The molecule has 0 aliphatic heterocycles. The van der Waals surface area contributed by atoms with Crippen LogP contribution < -0.4 is 0 Å². The van der Waals surface area contributed by atoms with E-state index in [0.717, 1.165) is 30.6 Å². The van der Waals surface area contributed by atoms with Gasteiger partial charge in [-0.2, -0.15) is 0 Å². The predicted molar refractivity (Wildman–Crippen MR) is 50.1 cm³/mol. The largest absolute Gasteiger partial charge is 0.469 e. The van der Waals surface area contributed by atoms with Gasteiger partial charge in [-0.1, -0.05) is 0 Å². The maximum atomic E-state index is 10.5. The second kappa shape index (κ2) is 3.91. The minimum absolute atomic E-state index is 0.483. The van der Waals surface area contributed by atoms with Crippen molar-refractivity contribution in [3.05, 3.63) is 41.9 Å². The monoisotopic (exact) mass is 190 g/mol. The lowest BCUT2D eigenvalue weighted by Crippen LogP contribution is -1.94. The number of carbonyl (C=O) groups excluding carboxylic acids is 1.